The normalized spacial score (nSPS) is 18.4. The van der Waals surface area contributed by atoms with Gasteiger partial charge >= 0.3 is 0 Å². The van der Waals surface area contributed by atoms with Crippen molar-refractivity contribution in [1.82, 2.24) is 19.7 Å². The van der Waals surface area contributed by atoms with Gasteiger partial charge in [-0.15, -0.1) is 0 Å². The fourth-order valence-electron chi connectivity index (χ4n) is 3.90. The van der Waals surface area contributed by atoms with Crippen molar-refractivity contribution in [3.8, 4) is 11.6 Å². The van der Waals surface area contributed by atoms with Crippen LogP contribution in [0.15, 0.2) is 10.6 Å². The minimum Gasteiger partial charge on any atom is -0.440 e. The number of ether oxygens (including phenoxy) is 1. The Kier molecular flexibility index (Phi) is 4.56. The largest absolute Gasteiger partial charge is 0.440 e. The molecular weight excluding hydrogens is 332 g/mol. The highest BCUT2D eigenvalue weighted by Crippen LogP contribution is 2.32. The van der Waals surface area contributed by atoms with Gasteiger partial charge in [0.2, 0.25) is 11.8 Å². The third-order valence-electron chi connectivity index (χ3n) is 5.28. The molecule has 0 atom stereocenters. The molecule has 140 valence electrons. The van der Waals surface area contributed by atoms with Crippen LogP contribution in [0.25, 0.3) is 11.6 Å². The maximum absolute atomic E-state index is 13.0. The number of hydrogen-bond acceptors (Lipinski definition) is 5. The number of hydrogen-bond donors (Lipinski definition) is 0. The highest BCUT2D eigenvalue weighted by Gasteiger charge is 2.33. The molecule has 4 rings (SSSR count). The minimum atomic E-state index is 0.0814. The molecule has 0 bridgehead atoms. The molecule has 2 aromatic heterocycles. The zero-order chi connectivity index (χ0) is 18.3. The molecule has 0 radical (unpaired) electrons. The predicted molar refractivity (Wildman–Crippen MR) is 95.5 cm³/mol. The van der Waals surface area contributed by atoms with Gasteiger partial charge in [0.05, 0.1) is 6.20 Å². The van der Waals surface area contributed by atoms with Gasteiger partial charge in [0.15, 0.2) is 5.69 Å². The molecule has 7 heteroatoms. The average Bonchev–Trinajstić information content (AvgIpc) is 3.24. The molecule has 7 nitrogen and oxygen atoms in total. The van der Waals surface area contributed by atoms with Gasteiger partial charge in [0.25, 0.3) is 0 Å². The molecular formula is C19H26N4O3. The molecule has 0 N–H and O–H groups in total. The van der Waals surface area contributed by atoms with E-state index in [1.165, 1.54) is 5.69 Å². The average molecular weight is 358 g/mol. The molecule has 1 saturated heterocycles. The Hall–Kier alpha value is -2.15. The fraction of sp³-hybridized carbons (Fsp3) is 0.632. The number of oxazole rings is 1. The smallest absolute Gasteiger partial charge is 0.247 e. The van der Waals surface area contributed by atoms with Crippen LogP contribution in [0.3, 0.4) is 0 Å². The predicted octanol–water partition coefficient (Wildman–Crippen LogP) is 2.74. The Morgan fingerprint density at radius 2 is 2.08 bits per heavy atom. The van der Waals surface area contributed by atoms with E-state index in [1.807, 2.05) is 11.8 Å². The van der Waals surface area contributed by atoms with Gasteiger partial charge in [-0.25, -0.2) is 4.98 Å². The Labute approximate surface area is 153 Å². The van der Waals surface area contributed by atoms with Crippen LogP contribution in [0.4, 0.5) is 0 Å². The van der Waals surface area contributed by atoms with Crippen LogP contribution >= 0.6 is 0 Å². The third kappa shape index (κ3) is 3.05. The van der Waals surface area contributed by atoms with Gasteiger partial charge in [0, 0.05) is 55.9 Å². The second-order valence-electron chi connectivity index (χ2n) is 7.48. The minimum absolute atomic E-state index is 0.0814. The molecule has 4 heterocycles. The maximum atomic E-state index is 13.0. The fourth-order valence-corrected chi connectivity index (χ4v) is 3.90. The highest BCUT2D eigenvalue weighted by molar-refractivity contribution is 5.79. The van der Waals surface area contributed by atoms with Crippen LogP contribution in [-0.4, -0.2) is 45.3 Å². The summed E-state index contributed by atoms with van der Waals surface area (Å²) < 4.78 is 13.2. The van der Waals surface area contributed by atoms with E-state index in [0.717, 1.165) is 42.8 Å². The Morgan fingerprint density at radius 3 is 2.73 bits per heavy atom. The van der Waals surface area contributed by atoms with E-state index < -0.39 is 0 Å². The van der Waals surface area contributed by atoms with Crippen molar-refractivity contribution in [2.75, 3.05) is 19.8 Å². The lowest BCUT2D eigenvalue weighted by Crippen LogP contribution is -2.41. The zero-order valence-electron chi connectivity index (χ0n) is 15.7. The summed E-state index contributed by atoms with van der Waals surface area (Å²) in [6.45, 7) is 8.81. The zero-order valence-corrected chi connectivity index (χ0v) is 15.7. The molecule has 0 aromatic carbocycles. The van der Waals surface area contributed by atoms with Gasteiger partial charge in [0.1, 0.15) is 5.76 Å². The summed E-state index contributed by atoms with van der Waals surface area (Å²) in [5.74, 6) is 1.63. The molecule has 1 fully saturated rings. The molecule has 2 aliphatic rings. The van der Waals surface area contributed by atoms with Crippen molar-refractivity contribution in [3.05, 3.63) is 23.2 Å². The molecule has 26 heavy (non-hydrogen) atoms. The first-order chi connectivity index (χ1) is 12.5. The Bertz CT molecular complexity index is 802. The standard InChI is InChI=1S/C19H26N4O3/c1-12(2)23-16-4-7-22(19(24)14-5-8-25-9-6-14)11-15(16)17(21-23)18-20-10-13(3)26-18/h10,12,14H,4-9,11H2,1-3H3. The van der Waals surface area contributed by atoms with Gasteiger partial charge < -0.3 is 14.1 Å². The number of rotatable bonds is 3. The summed E-state index contributed by atoms with van der Waals surface area (Å²) in [4.78, 5) is 19.3. The van der Waals surface area contributed by atoms with Crippen LogP contribution in [0.1, 0.15) is 49.7 Å². The molecule has 2 aromatic rings. The first kappa shape index (κ1) is 17.3. The molecule has 2 aliphatic heterocycles. The lowest BCUT2D eigenvalue weighted by molar-refractivity contribution is -0.139. The number of aryl methyl sites for hydroxylation is 1. The Balaban J connectivity index is 1.65. The molecule has 0 aliphatic carbocycles. The second kappa shape index (κ2) is 6.87. The van der Waals surface area contributed by atoms with Crippen molar-refractivity contribution in [2.45, 2.75) is 52.6 Å². The SMILES string of the molecule is Cc1cnc(-c2nn(C(C)C)c3c2CN(C(=O)C2CCOCC2)CC3)o1. The summed E-state index contributed by atoms with van der Waals surface area (Å²) in [5.41, 5.74) is 3.04. The molecule has 0 saturated carbocycles. The van der Waals surface area contributed by atoms with Crippen molar-refractivity contribution in [2.24, 2.45) is 5.92 Å². The van der Waals surface area contributed by atoms with Gasteiger partial charge in [-0.3, -0.25) is 9.48 Å². The summed E-state index contributed by atoms with van der Waals surface area (Å²) in [6.07, 6.45) is 4.16. The Morgan fingerprint density at radius 1 is 1.31 bits per heavy atom. The topological polar surface area (TPSA) is 73.4 Å². The van der Waals surface area contributed by atoms with Crippen molar-refractivity contribution in [1.29, 1.82) is 0 Å². The maximum Gasteiger partial charge on any atom is 0.247 e. The number of amides is 1. The van der Waals surface area contributed by atoms with Crippen LogP contribution < -0.4 is 0 Å². The number of carbonyl (C=O) groups is 1. The summed E-state index contributed by atoms with van der Waals surface area (Å²) in [7, 11) is 0. The van der Waals surface area contributed by atoms with Crippen LogP contribution in [0, 0.1) is 12.8 Å². The first-order valence-corrected chi connectivity index (χ1v) is 9.44. The lowest BCUT2D eigenvalue weighted by atomic mass is 9.96. The number of nitrogens with zero attached hydrogens (tertiary/aromatic N) is 4. The lowest BCUT2D eigenvalue weighted by Gasteiger charge is -2.32. The summed E-state index contributed by atoms with van der Waals surface area (Å²) in [6, 6.07) is 0.256. The van der Waals surface area contributed by atoms with E-state index >= 15 is 0 Å². The van der Waals surface area contributed by atoms with Crippen LogP contribution in [0.2, 0.25) is 0 Å². The van der Waals surface area contributed by atoms with E-state index in [9.17, 15) is 4.79 Å². The first-order valence-electron chi connectivity index (χ1n) is 9.44. The van der Waals surface area contributed by atoms with Crippen molar-refractivity contribution in [3.63, 3.8) is 0 Å². The van der Waals surface area contributed by atoms with E-state index in [1.54, 1.807) is 6.20 Å². The van der Waals surface area contributed by atoms with Crippen LogP contribution in [-0.2, 0) is 22.5 Å². The molecule has 0 unspecified atom stereocenters. The van der Waals surface area contributed by atoms with Gasteiger partial charge in [-0.2, -0.15) is 5.10 Å². The van der Waals surface area contributed by atoms with Gasteiger partial charge in [-0.1, -0.05) is 0 Å². The van der Waals surface area contributed by atoms with E-state index in [0.29, 0.717) is 25.6 Å². The monoisotopic (exact) mass is 358 g/mol. The highest BCUT2D eigenvalue weighted by atomic mass is 16.5. The second-order valence-corrected chi connectivity index (χ2v) is 7.48. The van der Waals surface area contributed by atoms with E-state index in [4.69, 9.17) is 14.3 Å². The van der Waals surface area contributed by atoms with Crippen LogP contribution in [0.5, 0.6) is 0 Å². The van der Waals surface area contributed by atoms with Crippen molar-refractivity contribution >= 4 is 5.91 Å². The quantitative estimate of drug-likeness (QED) is 0.843. The number of aromatic nitrogens is 3. The van der Waals surface area contributed by atoms with Crippen molar-refractivity contribution < 1.29 is 13.9 Å². The molecule has 1 amide bonds. The summed E-state index contributed by atoms with van der Waals surface area (Å²) >= 11 is 0. The van der Waals surface area contributed by atoms with Gasteiger partial charge in [-0.05, 0) is 33.6 Å². The van der Waals surface area contributed by atoms with E-state index in [2.05, 4.69) is 23.5 Å². The number of carbonyl (C=O) groups excluding carboxylic acids is 1. The number of fused-ring (bicyclic) bond motifs is 1. The van der Waals surface area contributed by atoms with E-state index in [-0.39, 0.29) is 17.9 Å². The molecule has 0 spiro atoms. The third-order valence-corrected chi connectivity index (χ3v) is 5.28. The summed E-state index contributed by atoms with van der Waals surface area (Å²) in [5, 5.41) is 4.78.